The minimum atomic E-state index is -0.965. The van der Waals surface area contributed by atoms with Crippen molar-refractivity contribution in [1.82, 2.24) is 4.98 Å². The maximum Gasteiger partial charge on any atom is 0.335 e. The zero-order chi connectivity index (χ0) is 14.1. The van der Waals surface area contributed by atoms with Gasteiger partial charge in [-0.2, -0.15) is 0 Å². The number of nitrogens with zero attached hydrogens (tertiary/aromatic N) is 1. The molecule has 0 spiro atoms. The van der Waals surface area contributed by atoms with Crippen LogP contribution in [0.5, 0.6) is 0 Å². The van der Waals surface area contributed by atoms with E-state index in [9.17, 15) is 4.79 Å². The molecule has 1 N–H and O–H groups in total. The number of aromatic carboxylic acids is 1. The van der Waals surface area contributed by atoms with Crippen LogP contribution in [0.3, 0.4) is 0 Å². The number of hydrogen-bond acceptors (Lipinski definition) is 3. The van der Waals surface area contributed by atoms with E-state index in [1.807, 2.05) is 37.3 Å². The quantitative estimate of drug-likeness (QED) is 0.786. The zero-order valence-electron chi connectivity index (χ0n) is 10.9. The number of hydrogen-bond donors (Lipinski definition) is 1. The van der Waals surface area contributed by atoms with Crippen LogP contribution in [-0.2, 0) is 0 Å². The summed E-state index contributed by atoms with van der Waals surface area (Å²) in [4.78, 5) is 15.4. The highest BCUT2D eigenvalue weighted by Gasteiger charge is 2.16. The fourth-order valence-corrected chi connectivity index (χ4v) is 2.15. The maximum atomic E-state index is 10.9. The van der Waals surface area contributed by atoms with E-state index in [1.54, 1.807) is 6.07 Å². The Labute approximate surface area is 115 Å². The Morgan fingerprint density at radius 3 is 2.65 bits per heavy atom. The SMILES string of the molecule is CC(c1ccccc1)c1nc2cc(C(=O)O)ccc2o1. The molecule has 100 valence electrons. The summed E-state index contributed by atoms with van der Waals surface area (Å²) < 4.78 is 5.71. The lowest BCUT2D eigenvalue weighted by atomic mass is 10.0. The second-order valence-electron chi connectivity index (χ2n) is 4.67. The standard InChI is InChI=1S/C16H13NO3/c1-10(11-5-3-2-4-6-11)15-17-13-9-12(16(18)19)7-8-14(13)20-15/h2-10H,1H3,(H,18,19). The molecule has 0 radical (unpaired) electrons. The molecule has 0 aliphatic rings. The molecule has 0 saturated carbocycles. The molecule has 1 heterocycles. The molecule has 2 aromatic carbocycles. The van der Waals surface area contributed by atoms with Gasteiger partial charge in [-0.1, -0.05) is 30.3 Å². The average molecular weight is 267 g/mol. The van der Waals surface area contributed by atoms with E-state index < -0.39 is 5.97 Å². The Balaban J connectivity index is 2.03. The predicted molar refractivity (Wildman–Crippen MR) is 74.9 cm³/mol. The van der Waals surface area contributed by atoms with E-state index in [0.717, 1.165) is 5.56 Å². The summed E-state index contributed by atoms with van der Waals surface area (Å²) in [5.74, 6) is -0.349. The van der Waals surface area contributed by atoms with Gasteiger partial charge in [-0.25, -0.2) is 9.78 Å². The van der Waals surface area contributed by atoms with Crippen molar-refractivity contribution >= 4 is 17.1 Å². The molecule has 1 aromatic heterocycles. The molecule has 0 saturated heterocycles. The zero-order valence-corrected chi connectivity index (χ0v) is 10.9. The molecule has 0 amide bonds. The highest BCUT2D eigenvalue weighted by Crippen LogP contribution is 2.27. The third-order valence-electron chi connectivity index (χ3n) is 3.32. The van der Waals surface area contributed by atoms with Crippen LogP contribution < -0.4 is 0 Å². The Bertz CT molecular complexity index is 762. The van der Waals surface area contributed by atoms with E-state index in [-0.39, 0.29) is 11.5 Å². The second-order valence-corrected chi connectivity index (χ2v) is 4.67. The minimum Gasteiger partial charge on any atom is -0.478 e. The summed E-state index contributed by atoms with van der Waals surface area (Å²) in [6, 6.07) is 14.6. The molecule has 4 nitrogen and oxygen atoms in total. The number of fused-ring (bicyclic) bond motifs is 1. The van der Waals surface area contributed by atoms with Crippen LogP contribution in [0.1, 0.15) is 34.7 Å². The highest BCUT2D eigenvalue weighted by atomic mass is 16.4. The molecule has 20 heavy (non-hydrogen) atoms. The summed E-state index contributed by atoms with van der Waals surface area (Å²) in [6.07, 6.45) is 0. The van der Waals surface area contributed by atoms with Crippen LogP contribution in [0.15, 0.2) is 52.9 Å². The van der Waals surface area contributed by atoms with Crippen LogP contribution >= 0.6 is 0 Å². The van der Waals surface area contributed by atoms with E-state index in [4.69, 9.17) is 9.52 Å². The van der Waals surface area contributed by atoms with Gasteiger partial charge in [0.05, 0.1) is 11.5 Å². The molecule has 0 bridgehead atoms. The predicted octanol–water partition coefficient (Wildman–Crippen LogP) is 3.68. The number of oxazole rings is 1. The van der Waals surface area contributed by atoms with Crippen molar-refractivity contribution in [2.45, 2.75) is 12.8 Å². The number of carboxylic acid groups (broad SMARTS) is 1. The van der Waals surface area contributed by atoms with Crippen molar-refractivity contribution in [1.29, 1.82) is 0 Å². The van der Waals surface area contributed by atoms with Crippen LogP contribution in [0.25, 0.3) is 11.1 Å². The van der Waals surface area contributed by atoms with Crippen LogP contribution in [0.4, 0.5) is 0 Å². The number of carboxylic acids is 1. The van der Waals surface area contributed by atoms with Crippen molar-refractivity contribution in [2.75, 3.05) is 0 Å². The van der Waals surface area contributed by atoms with Gasteiger partial charge in [0.15, 0.2) is 5.58 Å². The maximum absolute atomic E-state index is 10.9. The molecular weight excluding hydrogens is 254 g/mol. The van der Waals surface area contributed by atoms with Crippen LogP contribution in [-0.4, -0.2) is 16.1 Å². The van der Waals surface area contributed by atoms with Gasteiger partial charge in [-0.3, -0.25) is 0 Å². The number of carbonyl (C=O) groups is 1. The van der Waals surface area contributed by atoms with Crippen molar-refractivity contribution < 1.29 is 14.3 Å². The first-order valence-electron chi connectivity index (χ1n) is 6.34. The Hall–Kier alpha value is -2.62. The van der Waals surface area contributed by atoms with Crippen molar-refractivity contribution in [3.8, 4) is 0 Å². The fraction of sp³-hybridized carbons (Fsp3) is 0.125. The van der Waals surface area contributed by atoms with Gasteiger partial charge in [-0.15, -0.1) is 0 Å². The molecule has 3 rings (SSSR count). The van der Waals surface area contributed by atoms with Gasteiger partial charge in [0.25, 0.3) is 0 Å². The van der Waals surface area contributed by atoms with E-state index in [1.165, 1.54) is 12.1 Å². The van der Waals surface area contributed by atoms with Crippen molar-refractivity contribution in [2.24, 2.45) is 0 Å². The Morgan fingerprint density at radius 1 is 1.20 bits per heavy atom. The lowest BCUT2D eigenvalue weighted by molar-refractivity contribution is 0.0697. The first kappa shape index (κ1) is 12.4. The monoisotopic (exact) mass is 267 g/mol. The molecule has 1 atom stereocenters. The van der Waals surface area contributed by atoms with E-state index in [0.29, 0.717) is 17.0 Å². The third-order valence-corrected chi connectivity index (χ3v) is 3.32. The van der Waals surface area contributed by atoms with Gasteiger partial charge in [0, 0.05) is 0 Å². The number of aromatic nitrogens is 1. The Morgan fingerprint density at radius 2 is 1.95 bits per heavy atom. The summed E-state index contributed by atoms with van der Waals surface area (Å²) >= 11 is 0. The van der Waals surface area contributed by atoms with Gasteiger partial charge >= 0.3 is 5.97 Å². The number of rotatable bonds is 3. The first-order valence-corrected chi connectivity index (χ1v) is 6.34. The van der Waals surface area contributed by atoms with Gasteiger partial charge in [-0.05, 0) is 30.7 Å². The van der Waals surface area contributed by atoms with Gasteiger partial charge < -0.3 is 9.52 Å². The largest absolute Gasteiger partial charge is 0.478 e. The van der Waals surface area contributed by atoms with Gasteiger partial charge in [0.1, 0.15) is 5.52 Å². The fourth-order valence-electron chi connectivity index (χ4n) is 2.15. The van der Waals surface area contributed by atoms with Crippen LogP contribution in [0.2, 0.25) is 0 Å². The first-order chi connectivity index (χ1) is 9.65. The lowest BCUT2D eigenvalue weighted by Crippen LogP contribution is -1.96. The van der Waals surface area contributed by atoms with Gasteiger partial charge in [0.2, 0.25) is 5.89 Å². The molecule has 3 aromatic rings. The van der Waals surface area contributed by atoms with E-state index >= 15 is 0 Å². The summed E-state index contributed by atoms with van der Waals surface area (Å²) in [7, 11) is 0. The topological polar surface area (TPSA) is 63.3 Å². The summed E-state index contributed by atoms with van der Waals surface area (Å²) in [5.41, 5.74) is 2.50. The normalized spacial score (nSPS) is 12.4. The molecule has 0 aliphatic heterocycles. The molecule has 1 unspecified atom stereocenters. The average Bonchev–Trinajstić information content (AvgIpc) is 2.90. The Kier molecular flexibility index (Phi) is 2.99. The molecule has 0 fully saturated rings. The highest BCUT2D eigenvalue weighted by molar-refractivity contribution is 5.91. The molecular formula is C16H13NO3. The smallest absolute Gasteiger partial charge is 0.335 e. The summed E-state index contributed by atoms with van der Waals surface area (Å²) in [5, 5.41) is 8.98. The van der Waals surface area contributed by atoms with Crippen molar-refractivity contribution in [3.05, 3.63) is 65.5 Å². The minimum absolute atomic E-state index is 0.0249. The van der Waals surface area contributed by atoms with E-state index in [2.05, 4.69) is 4.98 Å². The van der Waals surface area contributed by atoms with Crippen LogP contribution in [0, 0.1) is 0 Å². The second kappa shape index (κ2) is 4.81. The number of benzene rings is 2. The molecule has 4 heteroatoms. The lowest BCUT2D eigenvalue weighted by Gasteiger charge is -2.06. The summed E-state index contributed by atoms with van der Waals surface area (Å²) in [6.45, 7) is 2.01. The van der Waals surface area contributed by atoms with Crippen molar-refractivity contribution in [3.63, 3.8) is 0 Å². The third kappa shape index (κ3) is 2.16. The molecule has 0 aliphatic carbocycles.